The number of hydrogen-bond acceptors (Lipinski definition) is 4. The van der Waals surface area contributed by atoms with Crippen LogP contribution >= 0.6 is 0 Å². The van der Waals surface area contributed by atoms with E-state index >= 15 is 0 Å². The number of ether oxygens (including phenoxy) is 1. The third-order valence-corrected chi connectivity index (χ3v) is 10.7. The zero-order valence-corrected chi connectivity index (χ0v) is 21.3. The predicted molar refractivity (Wildman–Crippen MR) is 133 cm³/mol. The number of phenols is 1. The Morgan fingerprint density at radius 1 is 1.06 bits per heavy atom. The van der Waals surface area contributed by atoms with E-state index in [2.05, 4.69) is 26.8 Å². The van der Waals surface area contributed by atoms with Gasteiger partial charge in [0.2, 0.25) is 0 Å². The lowest BCUT2D eigenvalue weighted by molar-refractivity contribution is -0.232. The summed E-state index contributed by atoms with van der Waals surface area (Å²) in [7, 11) is 0. The fraction of sp³-hybridized carbons (Fsp3) is 0.700. The first-order chi connectivity index (χ1) is 16.1. The Morgan fingerprint density at radius 3 is 2.47 bits per heavy atom. The van der Waals surface area contributed by atoms with Crippen LogP contribution < -0.4 is 0 Å². The lowest BCUT2D eigenvalue weighted by Gasteiger charge is -2.60. The van der Waals surface area contributed by atoms with E-state index < -0.39 is 5.79 Å². The van der Waals surface area contributed by atoms with Gasteiger partial charge in [-0.2, -0.15) is 0 Å². The highest BCUT2D eigenvalue weighted by Crippen LogP contribution is 2.68. The highest BCUT2D eigenvalue weighted by Gasteiger charge is 2.61. The van der Waals surface area contributed by atoms with Gasteiger partial charge >= 0.3 is 0 Å². The van der Waals surface area contributed by atoms with Crippen molar-refractivity contribution in [2.45, 2.75) is 91.5 Å². The van der Waals surface area contributed by atoms with Gasteiger partial charge in [-0.3, -0.25) is 4.79 Å². The number of hydrogen-bond donors (Lipinski definition) is 2. The van der Waals surface area contributed by atoms with Crippen molar-refractivity contribution in [3.63, 3.8) is 0 Å². The van der Waals surface area contributed by atoms with E-state index in [4.69, 9.17) is 4.74 Å². The van der Waals surface area contributed by atoms with E-state index in [9.17, 15) is 15.0 Å². The van der Waals surface area contributed by atoms with E-state index in [-0.39, 0.29) is 22.5 Å². The molecule has 2 N–H and O–H groups in total. The van der Waals surface area contributed by atoms with Crippen molar-refractivity contribution in [3.8, 4) is 5.75 Å². The molecule has 0 aromatic heterocycles. The van der Waals surface area contributed by atoms with Crippen molar-refractivity contribution in [1.82, 2.24) is 0 Å². The Kier molecular flexibility index (Phi) is 6.00. The monoisotopic (exact) mass is 466 g/mol. The van der Waals surface area contributed by atoms with Crippen LogP contribution in [0.4, 0.5) is 0 Å². The minimum Gasteiger partial charge on any atom is -0.508 e. The molecular weight excluding hydrogens is 424 g/mol. The maximum Gasteiger partial charge on any atom is 0.169 e. The number of fused-ring (bicyclic) bond motifs is 5. The van der Waals surface area contributed by atoms with Crippen LogP contribution in [0.3, 0.4) is 0 Å². The number of phenolic OH excluding ortho intramolecular Hbond substituents is 1. The number of aromatic hydroxyl groups is 1. The van der Waals surface area contributed by atoms with Crippen LogP contribution in [-0.4, -0.2) is 21.8 Å². The molecule has 3 saturated carbocycles. The van der Waals surface area contributed by atoms with Gasteiger partial charge in [-0.05, 0) is 97.6 Å². The highest BCUT2D eigenvalue weighted by atomic mass is 16.6. The molecular formula is C30H42O4. The molecule has 0 heterocycles. The SMILES string of the molecule is CCC1C=C2C[C@@](O)(OCc3ccc(O)cc3)CC[C@]2(C)C2CC[C@@]3(C)C(CC[C@@H]3C(C)=O)C12. The van der Waals surface area contributed by atoms with Crippen LogP contribution in [0, 0.1) is 40.4 Å². The van der Waals surface area contributed by atoms with Gasteiger partial charge in [-0.25, -0.2) is 0 Å². The number of carbonyl (C=O) groups is 1. The molecule has 8 atom stereocenters. The summed E-state index contributed by atoms with van der Waals surface area (Å²) < 4.78 is 6.12. The van der Waals surface area contributed by atoms with Crippen molar-refractivity contribution in [2.24, 2.45) is 40.4 Å². The van der Waals surface area contributed by atoms with Crippen LogP contribution in [-0.2, 0) is 16.1 Å². The van der Waals surface area contributed by atoms with Gasteiger partial charge in [0.15, 0.2) is 5.79 Å². The smallest absolute Gasteiger partial charge is 0.169 e. The number of Topliss-reactive ketones (excluding diaryl/α,β-unsaturated/α-hetero) is 1. The number of carbonyl (C=O) groups excluding carboxylic acids is 1. The first-order valence-electron chi connectivity index (χ1n) is 13.5. The third-order valence-electron chi connectivity index (χ3n) is 10.7. The summed E-state index contributed by atoms with van der Waals surface area (Å²) in [6.45, 7) is 9.32. The zero-order valence-electron chi connectivity index (χ0n) is 21.3. The quantitative estimate of drug-likeness (QED) is 0.389. The second-order valence-electron chi connectivity index (χ2n) is 12.3. The molecule has 4 nitrogen and oxygen atoms in total. The number of aliphatic hydroxyl groups is 1. The number of ketones is 1. The Balaban J connectivity index is 1.39. The van der Waals surface area contributed by atoms with Gasteiger partial charge in [0.05, 0.1) is 6.61 Å². The normalized spacial score (nSPS) is 43.4. The van der Waals surface area contributed by atoms with Gasteiger partial charge in [-0.1, -0.05) is 44.6 Å². The summed E-state index contributed by atoms with van der Waals surface area (Å²) in [6, 6.07) is 7.01. The molecule has 3 fully saturated rings. The second-order valence-corrected chi connectivity index (χ2v) is 12.3. The summed E-state index contributed by atoms with van der Waals surface area (Å²) in [5.74, 6) is 2.15. The molecule has 4 heteroatoms. The number of rotatable bonds is 5. The molecule has 1 aromatic carbocycles. The minimum atomic E-state index is -1.13. The second kappa shape index (κ2) is 8.48. The predicted octanol–water partition coefficient (Wildman–Crippen LogP) is 6.40. The van der Waals surface area contributed by atoms with E-state index in [0.717, 1.165) is 31.2 Å². The summed E-state index contributed by atoms with van der Waals surface area (Å²) in [4.78, 5) is 12.5. The molecule has 4 unspecified atom stereocenters. The Hall–Kier alpha value is -1.65. The highest BCUT2D eigenvalue weighted by molar-refractivity contribution is 5.79. The van der Waals surface area contributed by atoms with Crippen molar-refractivity contribution in [1.29, 1.82) is 0 Å². The van der Waals surface area contributed by atoms with Crippen molar-refractivity contribution in [2.75, 3.05) is 0 Å². The molecule has 0 aliphatic heterocycles. The lowest BCUT2D eigenvalue weighted by Crippen LogP contribution is -2.55. The largest absolute Gasteiger partial charge is 0.508 e. The summed E-state index contributed by atoms with van der Waals surface area (Å²) in [5, 5.41) is 21.0. The standard InChI is InChI=1S/C30H42O4/c1-5-21-16-22-17-30(33,34-18-20-6-8-23(32)9-7-20)15-14-28(22,3)26-12-13-29(4)24(19(2)31)10-11-25(29)27(21)26/h6-9,16,21,24-27,32-33H,5,10-15,17-18H2,1-4H3/t21?,24-,25?,26?,27?,28+,29-,30+/m1/s1. The average Bonchev–Trinajstić information content (AvgIpc) is 3.16. The molecule has 5 rings (SSSR count). The van der Waals surface area contributed by atoms with Crippen molar-refractivity contribution >= 4 is 5.78 Å². The van der Waals surface area contributed by atoms with Gasteiger partial charge < -0.3 is 14.9 Å². The molecule has 0 amide bonds. The van der Waals surface area contributed by atoms with Crippen LogP contribution in [0.15, 0.2) is 35.9 Å². The van der Waals surface area contributed by atoms with Gasteiger partial charge in [0.25, 0.3) is 0 Å². The molecule has 0 radical (unpaired) electrons. The first kappa shape index (κ1) is 24.1. The van der Waals surface area contributed by atoms with E-state index in [1.165, 1.54) is 18.4 Å². The Morgan fingerprint density at radius 2 is 1.79 bits per heavy atom. The van der Waals surface area contributed by atoms with E-state index in [1.54, 1.807) is 12.1 Å². The van der Waals surface area contributed by atoms with Crippen LogP contribution in [0.25, 0.3) is 0 Å². The van der Waals surface area contributed by atoms with Crippen LogP contribution in [0.5, 0.6) is 5.75 Å². The van der Waals surface area contributed by atoms with E-state index in [1.807, 2.05) is 19.1 Å². The molecule has 4 aliphatic rings. The summed E-state index contributed by atoms with van der Waals surface area (Å²) in [5.41, 5.74) is 2.62. The number of benzene rings is 1. The lowest BCUT2D eigenvalue weighted by atomic mass is 9.45. The molecule has 0 spiro atoms. The van der Waals surface area contributed by atoms with E-state index in [0.29, 0.717) is 48.9 Å². The topological polar surface area (TPSA) is 66.8 Å². The Bertz CT molecular complexity index is 967. The molecule has 186 valence electrons. The van der Waals surface area contributed by atoms with Crippen molar-refractivity contribution < 1.29 is 19.7 Å². The average molecular weight is 467 g/mol. The fourth-order valence-corrected chi connectivity index (χ4v) is 8.77. The molecule has 4 aliphatic carbocycles. The first-order valence-corrected chi connectivity index (χ1v) is 13.5. The molecule has 34 heavy (non-hydrogen) atoms. The van der Waals surface area contributed by atoms with Crippen LogP contribution in [0.1, 0.15) is 84.6 Å². The molecule has 0 saturated heterocycles. The van der Waals surface area contributed by atoms with Crippen LogP contribution in [0.2, 0.25) is 0 Å². The van der Waals surface area contributed by atoms with Gasteiger partial charge in [0, 0.05) is 18.8 Å². The van der Waals surface area contributed by atoms with Gasteiger partial charge in [0.1, 0.15) is 11.5 Å². The minimum absolute atomic E-state index is 0.111. The summed E-state index contributed by atoms with van der Waals surface area (Å²) >= 11 is 0. The summed E-state index contributed by atoms with van der Waals surface area (Å²) in [6.07, 6.45) is 10.4. The van der Waals surface area contributed by atoms with Gasteiger partial charge in [-0.15, -0.1) is 0 Å². The molecule has 1 aromatic rings. The zero-order chi connectivity index (χ0) is 24.3. The third kappa shape index (κ3) is 3.76. The molecule has 0 bridgehead atoms. The Labute approximate surface area is 204 Å². The fourth-order valence-electron chi connectivity index (χ4n) is 8.77. The maximum absolute atomic E-state index is 12.5. The number of allylic oxidation sites excluding steroid dienone is 1. The van der Waals surface area contributed by atoms with Crippen molar-refractivity contribution in [3.05, 3.63) is 41.5 Å². The maximum atomic E-state index is 12.5.